The van der Waals surface area contributed by atoms with Crippen LogP contribution in [-0.4, -0.2) is 0 Å². The van der Waals surface area contributed by atoms with E-state index in [-0.39, 0.29) is 24.8 Å². The van der Waals surface area contributed by atoms with Crippen molar-refractivity contribution in [3.05, 3.63) is 137 Å². The summed E-state index contributed by atoms with van der Waals surface area (Å²) in [5.74, 6) is 0. The van der Waals surface area contributed by atoms with Crippen molar-refractivity contribution in [3.63, 3.8) is 0 Å². The molecule has 37 heavy (non-hydrogen) atoms. The van der Waals surface area contributed by atoms with Crippen LogP contribution >= 0.6 is 7.53 Å². The van der Waals surface area contributed by atoms with Gasteiger partial charge in [-0.1, -0.05) is 0 Å². The van der Waals surface area contributed by atoms with Gasteiger partial charge in [-0.05, 0) is 0 Å². The predicted octanol–water partition coefficient (Wildman–Crippen LogP) is 4.02. The average Bonchev–Trinajstić information content (AvgIpc) is 3.51. The normalized spacial score (nSPS) is 12.3. The molecule has 1 aliphatic rings. The molecule has 0 bridgehead atoms. The van der Waals surface area contributed by atoms with Crippen LogP contribution in [0.1, 0.15) is 6.42 Å². The van der Waals surface area contributed by atoms with Crippen LogP contribution < -0.4 is 24.8 Å². The number of rotatable bonds is 5. The van der Waals surface area contributed by atoms with E-state index >= 15 is 0 Å². The van der Waals surface area contributed by atoms with Crippen molar-refractivity contribution in [3.8, 4) is 44.0 Å². The topological polar surface area (TPSA) is 0 Å². The Morgan fingerprint density at radius 1 is 0.486 bits per heavy atom. The standard InChI is InChI=1S/C33H24P.2ClH.Zr/c1-5-15-25(16-6-1)30-31(26-17-7-2-8-18-26)33(28-21-11-4-12-22-28)34(29-23-13-14-24-29)32(30)27-19-9-3-10-20-27;;;/h1-13,15-23H,14H2;2*1H;/q;;;+2/p-2. The third-order valence-electron chi connectivity index (χ3n) is 6.54. The van der Waals surface area contributed by atoms with Gasteiger partial charge in [-0.2, -0.15) is 0 Å². The first-order chi connectivity index (χ1) is 17.3. The van der Waals surface area contributed by atoms with Crippen molar-refractivity contribution in [2.45, 2.75) is 6.42 Å². The number of hydrogen-bond donors (Lipinski definition) is 0. The molecule has 0 fully saturated rings. The summed E-state index contributed by atoms with van der Waals surface area (Å²) in [6.07, 6.45) is 5.85. The van der Waals surface area contributed by atoms with E-state index in [9.17, 15) is 0 Å². The van der Waals surface area contributed by atoms with E-state index in [0.29, 0.717) is 0 Å². The third-order valence-corrected chi connectivity index (χ3v) is 11.0. The number of halogens is 2. The predicted molar refractivity (Wildman–Crippen MR) is 148 cm³/mol. The van der Waals surface area contributed by atoms with E-state index in [0.717, 1.165) is 6.42 Å². The molecular formula is C33H24Cl2PZr. The zero-order valence-corrected chi connectivity index (χ0v) is 25.0. The van der Waals surface area contributed by atoms with Crippen LogP contribution in [-0.2, 0) is 24.7 Å². The Kier molecular flexibility index (Phi) is 9.28. The Hall–Kier alpha value is -2.40. The Morgan fingerprint density at radius 2 is 0.838 bits per heavy atom. The zero-order valence-electron chi connectivity index (χ0n) is 20.1. The molecule has 0 spiro atoms. The maximum absolute atomic E-state index is 2.41. The zero-order chi connectivity index (χ0) is 23.6. The van der Waals surface area contributed by atoms with Crippen LogP contribution in [0.2, 0.25) is 0 Å². The van der Waals surface area contributed by atoms with Crippen molar-refractivity contribution in [2.24, 2.45) is 0 Å². The molecule has 4 heteroatoms. The summed E-state index contributed by atoms with van der Waals surface area (Å²) in [5, 5.41) is 4.49. The third kappa shape index (κ3) is 5.30. The summed E-state index contributed by atoms with van der Waals surface area (Å²) >= 11 is 1.52. The Morgan fingerprint density at radius 3 is 1.16 bits per heavy atom. The van der Waals surface area contributed by atoms with Gasteiger partial charge in [0.1, 0.15) is 0 Å². The number of hydrogen-bond acceptors (Lipinski definition) is 0. The van der Waals surface area contributed by atoms with Crippen LogP contribution in [0.3, 0.4) is 0 Å². The van der Waals surface area contributed by atoms with E-state index in [1.54, 1.807) is 3.28 Å². The Balaban J connectivity index is 0.00000160. The monoisotopic (exact) mass is 611 g/mol. The molecule has 6 rings (SSSR count). The quantitative estimate of drug-likeness (QED) is 0.281. The van der Waals surface area contributed by atoms with Crippen LogP contribution in [0.4, 0.5) is 0 Å². The van der Waals surface area contributed by atoms with E-state index in [4.69, 9.17) is 0 Å². The van der Waals surface area contributed by atoms with Gasteiger partial charge in [0.2, 0.25) is 0 Å². The molecule has 0 radical (unpaired) electrons. The fourth-order valence-electron chi connectivity index (χ4n) is 5.03. The van der Waals surface area contributed by atoms with Gasteiger partial charge in [0.25, 0.3) is 0 Å². The van der Waals surface area contributed by atoms with Crippen LogP contribution in [0, 0.1) is 0 Å². The first kappa shape index (κ1) is 27.6. The van der Waals surface area contributed by atoms with E-state index < -0.39 is 7.53 Å². The molecular weight excluding hydrogens is 589 g/mol. The summed E-state index contributed by atoms with van der Waals surface area (Å²) in [7, 11) is -0.716. The summed E-state index contributed by atoms with van der Waals surface area (Å²) in [4.78, 5) is 0. The molecule has 0 saturated heterocycles. The van der Waals surface area contributed by atoms with Gasteiger partial charge in [-0.3, -0.25) is 0 Å². The van der Waals surface area contributed by atoms with Gasteiger partial charge < -0.3 is 24.8 Å². The summed E-state index contributed by atoms with van der Waals surface area (Å²) in [6, 6.07) is 44.2. The van der Waals surface area contributed by atoms with E-state index in [1.807, 2.05) is 0 Å². The summed E-state index contributed by atoms with van der Waals surface area (Å²) in [6.45, 7) is 0. The van der Waals surface area contributed by atoms with Gasteiger partial charge in [0, 0.05) is 0 Å². The average molecular weight is 614 g/mol. The van der Waals surface area contributed by atoms with Crippen molar-refractivity contribution in [1.29, 1.82) is 0 Å². The van der Waals surface area contributed by atoms with Crippen molar-refractivity contribution >= 4 is 12.8 Å². The molecule has 0 unspecified atom stereocenters. The molecule has 0 nitrogen and oxygen atoms in total. The second-order valence-electron chi connectivity index (χ2n) is 8.72. The number of allylic oxidation sites excluding steroid dienone is 4. The van der Waals surface area contributed by atoms with E-state index in [1.165, 1.54) is 74.0 Å². The Labute approximate surface area is 247 Å². The summed E-state index contributed by atoms with van der Waals surface area (Å²) < 4.78 is 1.58. The summed E-state index contributed by atoms with van der Waals surface area (Å²) in [5.41, 5.74) is 7.99. The fraction of sp³-hybridized carbons (Fsp3) is 0.0303. The number of benzene rings is 4. The molecule has 1 heterocycles. The van der Waals surface area contributed by atoms with Gasteiger partial charge in [-0.25, -0.2) is 0 Å². The molecule has 1 aliphatic carbocycles. The van der Waals surface area contributed by atoms with Gasteiger partial charge in [0.15, 0.2) is 0 Å². The minimum absolute atomic E-state index is 0. The molecule has 0 saturated carbocycles. The van der Waals surface area contributed by atoms with Gasteiger partial charge >= 0.3 is 225 Å². The van der Waals surface area contributed by atoms with Crippen LogP contribution in [0.5, 0.6) is 0 Å². The first-order valence-corrected chi connectivity index (χ1v) is 14.5. The molecule has 4 aromatic carbocycles. The first-order valence-electron chi connectivity index (χ1n) is 11.9. The molecule has 5 aromatic rings. The second kappa shape index (κ2) is 12.4. The van der Waals surface area contributed by atoms with Crippen LogP contribution in [0.15, 0.2) is 137 Å². The molecule has 0 aliphatic heterocycles. The van der Waals surface area contributed by atoms with Crippen molar-refractivity contribution in [2.75, 3.05) is 0 Å². The van der Waals surface area contributed by atoms with Gasteiger partial charge in [-0.15, -0.1) is 0 Å². The van der Waals surface area contributed by atoms with Crippen molar-refractivity contribution in [1.82, 2.24) is 0 Å². The molecule has 0 N–H and O–H groups in total. The SMILES string of the molecule is [Cl-].[Cl-].[Zr+2][C]1=C(p2c(-c3ccccc3)c(-c3ccccc3)c(-c3ccccc3)c2-c2ccccc2)C=CC1. The molecule has 0 amide bonds. The minimum atomic E-state index is -0.716. The van der Waals surface area contributed by atoms with Crippen molar-refractivity contribution < 1.29 is 49.5 Å². The van der Waals surface area contributed by atoms with Crippen LogP contribution in [0.25, 0.3) is 49.3 Å². The molecule has 0 atom stereocenters. The molecule has 1 aromatic heterocycles. The Bertz CT molecular complexity index is 1440. The maximum atomic E-state index is 2.41. The second-order valence-corrected chi connectivity index (χ2v) is 12.2. The van der Waals surface area contributed by atoms with E-state index in [2.05, 4.69) is 133 Å². The van der Waals surface area contributed by atoms with Gasteiger partial charge in [0.05, 0.1) is 0 Å². The molecule has 179 valence electrons. The fourth-order valence-corrected chi connectivity index (χ4v) is 9.41.